The van der Waals surface area contributed by atoms with Crippen molar-refractivity contribution in [2.45, 2.75) is 77.0 Å². The SMILES string of the molecule is CC(C)(c1ccccc1)c1ccc([P+](O)(O)O)c(C(C)(C)c2ccccc2)c1.CC(C)(c1ccccc1)c1ccc([P+](O)(O)O)c(C(C)(C)c2ccccc2)c1.OCC(CO)(CO)CO. The molecule has 10 N–H and O–H groups in total. The lowest BCUT2D eigenvalue weighted by molar-refractivity contribution is -0.0328. The van der Waals surface area contributed by atoms with Gasteiger partial charge >= 0.3 is 15.9 Å². The molecule has 12 heteroatoms. The number of benzene rings is 6. The lowest BCUT2D eigenvalue weighted by Gasteiger charge is -2.31. The van der Waals surface area contributed by atoms with Gasteiger partial charge in [-0.05, 0) is 57.6 Å². The molecule has 0 saturated heterocycles. The van der Waals surface area contributed by atoms with Gasteiger partial charge in [-0.15, -0.1) is 0 Å². The van der Waals surface area contributed by atoms with Crippen LogP contribution < -0.4 is 10.6 Å². The average molecular weight is 927 g/mol. The minimum absolute atomic E-state index is 0.203. The summed E-state index contributed by atoms with van der Waals surface area (Å²) >= 11 is 0. The van der Waals surface area contributed by atoms with Crippen LogP contribution in [0.25, 0.3) is 0 Å². The summed E-state index contributed by atoms with van der Waals surface area (Å²) in [5.74, 6) is 0. The molecule has 0 aliphatic heterocycles. The summed E-state index contributed by atoms with van der Waals surface area (Å²) in [4.78, 5) is 60.7. The summed E-state index contributed by atoms with van der Waals surface area (Å²) in [7, 11) is -8.33. The predicted octanol–water partition coefficient (Wildman–Crippen LogP) is 7.35. The smallest absolute Gasteiger partial charge is 0.396 e. The number of hydrogen-bond donors (Lipinski definition) is 10. The monoisotopic (exact) mass is 926 g/mol. The van der Waals surface area contributed by atoms with E-state index in [9.17, 15) is 29.4 Å². The quantitative estimate of drug-likeness (QED) is 0.0493. The van der Waals surface area contributed by atoms with E-state index in [4.69, 9.17) is 20.4 Å². The van der Waals surface area contributed by atoms with Crippen molar-refractivity contribution in [2.24, 2.45) is 5.41 Å². The third kappa shape index (κ3) is 12.6. The van der Waals surface area contributed by atoms with Crippen LogP contribution >= 0.6 is 15.9 Å². The molecule has 0 aromatic heterocycles. The van der Waals surface area contributed by atoms with Crippen LogP contribution in [0.5, 0.6) is 0 Å². The molecule has 0 aliphatic rings. The van der Waals surface area contributed by atoms with E-state index in [1.165, 1.54) is 11.1 Å². The van der Waals surface area contributed by atoms with Crippen molar-refractivity contribution < 1.29 is 49.8 Å². The molecule has 348 valence electrons. The van der Waals surface area contributed by atoms with Gasteiger partial charge in [-0.1, -0.05) is 189 Å². The number of aliphatic hydroxyl groups is 4. The summed E-state index contributed by atoms with van der Waals surface area (Å²) in [6.45, 7) is 15.1. The molecule has 0 radical (unpaired) electrons. The Hall–Kier alpha value is -4.22. The van der Waals surface area contributed by atoms with Crippen LogP contribution in [0.2, 0.25) is 0 Å². The Balaban J connectivity index is 0.000000240. The van der Waals surface area contributed by atoms with Crippen molar-refractivity contribution in [1.29, 1.82) is 0 Å². The molecule has 6 aromatic carbocycles. The third-order valence-electron chi connectivity index (χ3n) is 12.8. The molecule has 0 aliphatic carbocycles. The molecule has 0 saturated carbocycles. The van der Waals surface area contributed by atoms with Gasteiger partial charge in [0.25, 0.3) is 0 Å². The number of rotatable bonds is 14. The van der Waals surface area contributed by atoms with Gasteiger partial charge < -0.3 is 20.4 Å². The molecule has 65 heavy (non-hydrogen) atoms. The maximum Gasteiger partial charge on any atom is 0.441 e. The van der Waals surface area contributed by atoms with Crippen LogP contribution in [-0.2, 0) is 21.7 Å². The molecule has 0 bridgehead atoms. The Labute approximate surface area is 386 Å². The van der Waals surface area contributed by atoms with E-state index in [2.05, 4.69) is 52.0 Å². The molecule has 0 spiro atoms. The first-order valence-corrected chi connectivity index (χ1v) is 24.7. The van der Waals surface area contributed by atoms with Crippen molar-refractivity contribution >= 4 is 26.5 Å². The lowest BCUT2D eigenvalue weighted by atomic mass is 9.73. The molecule has 0 unspecified atom stereocenters. The average Bonchev–Trinajstić information content (AvgIpc) is 3.30. The van der Waals surface area contributed by atoms with E-state index in [1.54, 1.807) is 12.1 Å². The van der Waals surface area contributed by atoms with Gasteiger partial charge in [0.05, 0.1) is 31.8 Å². The fourth-order valence-electron chi connectivity index (χ4n) is 7.74. The third-order valence-corrected chi connectivity index (χ3v) is 14.8. The molecule has 6 aromatic rings. The molecular weight excluding hydrogens is 859 g/mol. The highest BCUT2D eigenvalue weighted by atomic mass is 31.2. The van der Waals surface area contributed by atoms with Crippen LogP contribution in [0.15, 0.2) is 158 Å². The minimum atomic E-state index is -4.17. The van der Waals surface area contributed by atoms with E-state index in [1.807, 2.05) is 149 Å². The highest BCUT2D eigenvalue weighted by Crippen LogP contribution is 2.49. The van der Waals surface area contributed by atoms with Crippen LogP contribution in [0, 0.1) is 5.41 Å². The Bertz CT molecular complexity index is 2210. The fraction of sp³-hybridized carbons (Fsp3) is 0.321. The molecule has 0 fully saturated rings. The summed E-state index contributed by atoms with van der Waals surface area (Å²) in [5.41, 5.74) is 5.28. The topological polar surface area (TPSA) is 202 Å². The van der Waals surface area contributed by atoms with Crippen LogP contribution in [-0.4, -0.2) is 76.2 Å². The first-order chi connectivity index (χ1) is 30.3. The van der Waals surface area contributed by atoms with E-state index < -0.39 is 58.6 Å². The molecule has 6 rings (SSSR count). The molecular formula is C53H68O10P2+2. The second-order valence-corrected chi connectivity index (χ2v) is 21.9. The van der Waals surface area contributed by atoms with Gasteiger partial charge in [-0.25, -0.2) is 0 Å². The second-order valence-electron chi connectivity index (χ2n) is 18.7. The summed E-state index contributed by atoms with van der Waals surface area (Å²) in [6, 6.07) is 51.4. The molecule has 0 amide bonds. The Morgan fingerprint density at radius 2 is 0.538 bits per heavy atom. The number of aliphatic hydroxyl groups excluding tert-OH is 4. The Morgan fingerprint density at radius 1 is 0.308 bits per heavy atom. The lowest BCUT2D eigenvalue weighted by Crippen LogP contribution is -2.37. The number of hydrogen-bond acceptors (Lipinski definition) is 10. The van der Waals surface area contributed by atoms with Crippen molar-refractivity contribution in [3.8, 4) is 0 Å². The van der Waals surface area contributed by atoms with Crippen LogP contribution in [0.1, 0.15) is 99.9 Å². The molecule has 0 atom stereocenters. The van der Waals surface area contributed by atoms with Crippen LogP contribution in [0.3, 0.4) is 0 Å². The van der Waals surface area contributed by atoms with Crippen molar-refractivity contribution in [2.75, 3.05) is 26.4 Å². The standard InChI is InChI=1S/2C24H28O3P.C5H12O4/c2*1-23(2,18-11-7-5-8-12-18)20-15-16-22(28(25,26)27)21(17-20)24(3,4)19-13-9-6-10-14-19;6-1-5(2-7,3-8)4-9/h2*5-17,25-27H,1-4H3;6-9H,1-4H2/q2*+1;. The zero-order valence-electron chi connectivity index (χ0n) is 38.7. The van der Waals surface area contributed by atoms with Crippen molar-refractivity contribution in [1.82, 2.24) is 0 Å². The van der Waals surface area contributed by atoms with E-state index in [0.29, 0.717) is 0 Å². The molecule has 0 heterocycles. The summed E-state index contributed by atoms with van der Waals surface area (Å²) < 4.78 is 0. The second kappa shape index (κ2) is 21.6. The molecule has 10 nitrogen and oxygen atoms in total. The van der Waals surface area contributed by atoms with E-state index in [0.717, 1.165) is 33.4 Å². The first kappa shape index (κ1) is 53.4. The Kier molecular flexibility index (Phi) is 17.7. The maximum atomic E-state index is 10.1. The fourth-order valence-corrected chi connectivity index (χ4v) is 9.62. The van der Waals surface area contributed by atoms with E-state index in [-0.39, 0.29) is 21.4 Å². The highest BCUT2D eigenvalue weighted by Gasteiger charge is 2.44. The maximum absolute atomic E-state index is 10.1. The van der Waals surface area contributed by atoms with Crippen LogP contribution in [0.4, 0.5) is 0 Å². The van der Waals surface area contributed by atoms with Crippen molar-refractivity contribution in [3.05, 3.63) is 202 Å². The zero-order chi connectivity index (χ0) is 48.5. The first-order valence-electron chi connectivity index (χ1n) is 21.4. The van der Waals surface area contributed by atoms with Gasteiger partial charge in [-0.3, -0.25) is 0 Å². The minimum Gasteiger partial charge on any atom is -0.396 e. The van der Waals surface area contributed by atoms with Gasteiger partial charge in [0.15, 0.2) is 10.6 Å². The predicted molar refractivity (Wildman–Crippen MR) is 264 cm³/mol. The largest absolute Gasteiger partial charge is 0.441 e. The van der Waals surface area contributed by atoms with Gasteiger partial charge in [0, 0.05) is 32.8 Å². The highest BCUT2D eigenvalue weighted by molar-refractivity contribution is 7.67. The van der Waals surface area contributed by atoms with Crippen molar-refractivity contribution in [3.63, 3.8) is 0 Å². The van der Waals surface area contributed by atoms with Gasteiger partial charge in [-0.2, -0.15) is 29.4 Å². The van der Waals surface area contributed by atoms with Gasteiger partial charge in [0.2, 0.25) is 0 Å². The normalized spacial score (nSPS) is 12.7. The van der Waals surface area contributed by atoms with E-state index >= 15 is 0 Å². The summed E-state index contributed by atoms with van der Waals surface area (Å²) in [6.07, 6.45) is 0. The Morgan fingerprint density at radius 3 is 0.738 bits per heavy atom. The van der Waals surface area contributed by atoms with Gasteiger partial charge in [0.1, 0.15) is 0 Å². The summed E-state index contributed by atoms with van der Waals surface area (Å²) in [5, 5.41) is 34.4. The zero-order valence-corrected chi connectivity index (χ0v) is 40.5.